The Hall–Kier alpha value is -4.21. The van der Waals surface area contributed by atoms with Gasteiger partial charge in [0.15, 0.2) is 17.1 Å². The largest absolute Gasteiger partial charge is 0.486 e. The van der Waals surface area contributed by atoms with Crippen LogP contribution in [-0.4, -0.2) is 40.5 Å². The Morgan fingerprint density at radius 2 is 1.89 bits per heavy atom. The van der Waals surface area contributed by atoms with E-state index in [1.54, 1.807) is 36.0 Å². The fraction of sp³-hybridized carbons (Fsp3) is 0.269. The number of benzene rings is 2. The number of alkyl halides is 2. The SMILES string of the molecule is Cc1c(NC(=O)c2cc(-c3ccc4c(c3)OCCO4)nc3c2cnn3C(C)C)cccc1OC(F)F. The fourth-order valence-electron chi connectivity index (χ4n) is 4.10. The number of nitrogens with one attached hydrogen (secondary N) is 1. The van der Waals surface area contributed by atoms with Crippen LogP contribution in [0, 0.1) is 6.92 Å². The fourth-order valence-corrected chi connectivity index (χ4v) is 4.10. The minimum atomic E-state index is -2.97. The number of fused-ring (bicyclic) bond motifs is 2. The number of aromatic nitrogens is 3. The highest BCUT2D eigenvalue weighted by Crippen LogP contribution is 2.35. The van der Waals surface area contributed by atoms with E-state index in [2.05, 4.69) is 15.2 Å². The van der Waals surface area contributed by atoms with Crippen LogP contribution in [0.2, 0.25) is 0 Å². The summed E-state index contributed by atoms with van der Waals surface area (Å²) in [5.41, 5.74) is 2.95. The van der Waals surface area contributed by atoms with Gasteiger partial charge in [-0.25, -0.2) is 9.67 Å². The molecule has 0 bridgehead atoms. The van der Waals surface area contributed by atoms with E-state index in [0.29, 0.717) is 58.3 Å². The molecule has 186 valence electrons. The van der Waals surface area contributed by atoms with Crippen LogP contribution in [0.25, 0.3) is 22.3 Å². The van der Waals surface area contributed by atoms with Gasteiger partial charge in [-0.2, -0.15) is 13.9 Å². The molecule has 0 radical (unpaired) electrons. The van der Waals surface area contributed by atoms with E-state index in [1.807, 2.05) is 32.0 Å². The van der Waals surface area contributed by atoms with Crippen LogP contribution in [0.1, 0.15) is 35.8 Å². The molecule has 0 aliphatic carbocycles. The highest BCUT2D eigenvalue weighted by atomic mass is 19.3. The van der Waals surface area contributed by atoms with Gasteiger partial charge < -0.3 is 19.5 Å². The van der Waals surface area contributed by atoms with Crippen molar-refractivity contribution in [2.45, 2.75) is 33.4 Å². The number of hydrogen-bond acceptors (Lipinski definition) is 6. The van der Waals surface area contributed by atoms with Crippen molar-refractivity contribution < 1.29 is 27.8 Å². The van der Waals surface area contributed by atoms with Crippen molar-refractivity contribution in [3.05, 3.63) is 59.8 Å². The molecule has 3 heterocycles. The Kier molecular flexibility index (Phi) is 6.17. The third-order valence-electron chi connectivity index (χ3n) is 5.89. The molecule has 4 aromatic rings. The van der Waals surface area contributed by atoms with Crippen LogP contribution < -0.4 is 19.5 Å². The topological polar surface area (TPSA) is 87.5 Å². The van der Waals surface area contributed by atoms with Crippen LogP contribution in [0.15, 0.2) is 48.7 Å². The first-order valence-electron chi connectivity index (χ1n) is 11.5. The molecule has 0 saturated carbocycles. The molecule has 5 rings (SSSR count). The summed E-state index contributed by atoms with van der Waals surface area (Å²) in [4.78, 5) is 18.3. The van der Waals surface area contributed by atoms with E-state index >= 15 is 0 Å². The van der Waals surface area contributed by atoms with Crippen LogP contribution in [0.4, 0.5) is 14.5 Å². The van der Waals surface area contributed by atoms with Gasteiger partial charge in [0.25, 0.3) is 5.91 Å². The molecular weight excluding hydrogens is 470 g/mol. The lowest BCUT2D eigenvalue weighted by Gasteiger charge is -2.19. The van der Waals surface area contributed by atoms with Gasteiger partial charge in [0.05, 0.1) is 22.8 Å². The molecule has 0 unspecified atom stereocenters. The first-order valence-corrected chi connectivity index (χ1v) is 11.5. The number of nitrogens with zero attached hydrogens (tertiary/aromatic N) is 3. The number of anilines is 1. The quantitative estimate of drug-likeness (QED) is 0.375. The molecule has 8 nitrogen and oxygen atoms in total. The van der Waals surface area contributed by atoms with Gasteiger partial charge in [0.2, 0.25) is 0 Å². The summed E-state index contributed by atoms with van der Waals surface area (Å²) < 4.78 is 43.2. The molecule has 10 heteroatoms. The van der Waals surface area contributed by atoms with Crippen molar-refractivity contribution in [3.63, 3.8) is 0 Å². The molecule has 0 saturated heterocycles. The van der Waals surface area contributed by atoms with Crippen molar-refractivity contribution in [2.75, 3.05) is 18.5 Å². The molecule has 1 aliphatic rings. The lowest BCUT2D eigenvalue weighted by Crippen LogP contribution is -2.15. The molecule has 1 N–H and O–H groups in total. The Morgan fingerprint density at radius 1 is 1.11 bits per heavy atom. The Labute approximate surface area is 205 Å². The van der Waals surface area contributed by atoms with Gasteiger partial charge in [0.1, 0.15) is 19.0 Å². The average molecular weight is 494 g/mol. The monoisotopic (exact) mass is 494 g/mol. The summed E-state index contributed by atoms with van der Waals surface area (Å²) in [6, 6.07) is 11.8. The maximum atomic E-state index is 13.5. The van der Waals surface area contributed by atoms with E-state index in [0.717, 1.165) is 5.56 Å². The van der Waals surface area contributed by atoms with E-state index in [-0.39, 0.29) is 11.8 Å². The van der Waals surface area contributed by atoms with Crippen LogP contribution in [0.3, 0.4) is 0 Å². The second-order valence-corrected chi connectivity index (χ2v) is 8.60. The number of hydrogen-bond donors (Lipinski definition) is 1. The summed E-state index contributed by atoms with van der Waals surface area (Å²) in [6.45, 7) is 3.52. The second-order valence-electron chi connectivity index (χ2n) is 8.60. The Morgan fingerprint density at radius 3 is 2.64 bits per heavy atom. The maximum absolute atomic E-state index is 13.5. The number of carbonyl (C=O) groups excluding carboxylic acids is 1. The van der Waals surface area contributed by atoms with Crippen molar-refractivity contribution in [1.82, 2.24) is 14.8 Å². The molecule has 2 aromatic carbocycles. The summed E-state index contributed by atoms with van der Waals surface area (Å²) in [6.07, 6.45) is 1.61. The third-order valence-corrected chi connectivity index (χ3v) is 5.89. The van der Waals surface area contributed by atoms with Gasteiger partial charge >= 0.3 is 6.61 Å². The van der Waals surface area contributed by atoms with Gasteiger partial charge in [-0.1, -0.05) is 6.07 Å². The maximum Gasteiger partial charge on any atom is 0.387 e. The zero-order valence-corrected chi connectivity index (χ0v) is 19.9. The minimum absolute atomic E-state index is 0.00634. The molecule has 0 fully saturated rings. The van der Waals surface area contributed by atoms with Crippen molar-refractivity contribution in [3.8, 4) is 28.5 Å². The number of pyridine rings is 1. The van der Waals surface area contributed by atoms with Gasteiger partial charge in [-0.15, -0.1) is 0 Å². The Bertz CT molecular complexity index is 1450. The second kappa shape index (κ2) is 9.44. The van der Waals surface area contributed by atoms with Gasteiger partial charge in [0, 0.05) is 22.9 Å². The molecule has 36 heavy (non-hydrogen) atoms. The summed E-state index contributed by atoms with van der Waals surface area (Å²) in [7, 11) is 0. The number of carbonyl (C=O) groups is 1. The van der Waals surface area contributed by atoms with Crippen molar-refractivity contribution in [2.24, 2.45) is 0 Å². The number of halogens is 2. The minimum Gasteiger partial charge on any atom is -0.486 e. The van der Waals surface area contributed by atoms with E-state index < -0.39 is 12.5 Å². The molecule has 1 aliphatic heterocycles. The van der Waals surface area contributed by atoms with E-state index in [1.165, 1.54) is 6.07 Å². The summed E-state index contributed by atoms with van der Waals surface area (Å²) >= 11 is 0. The highest BCUT2D eigenvalue weighted by Gasteiger charge is 2.21. The molecular formula is C26H24F2N4O4. The van der Waals surface area contributed by atoms with Gasteiger partial charge in [-0.05, 0) is 57.2 Å². The van der Waals surface area contributed by atoms with Crippen LogP contribution >= 0.6 is 0 Å². The van der Waals surface area contributed by atoms with Crippen LogP contribution in [-0.2, 0) is 0 Å². The van der Waals surface area contributed by atoms with E-state index in [9.17, 15) is 13.6 Å². The molecule has 2 aromatic heterocycles. The third kappa shape index (κ3) is 4.41. The average Bonchev–Trinajstić information content (AvgIpc) is 3.29. The zero-order chi connectivity index (χ0) is 25.4. The van der Waals surface area contributed by atoms with Crippen molar-refractivity contribution >= 4 is 22.6 Å². The first kappa shape index (κ1) is 23.5. The highest BCUT2D eigenvalue weighted by molar-refractivity contribution is 6.13. The lowest BCUT2D eigenvalue weighted by atomic mass is 10.0. The van der Waals surface area contributed by atoms with E-state index in [4.69, 9.17) is 14.5 Å². The smallest absolute Gasteiger partial charge is 0.387 e. The summed E-state index contributed by atoms with van der Waals surface area (Å²) in [5.74, 6) is 0.821. The standard InChI is InChI=1S/C26H24F2N4O4/c1-14(2)32-24-18(13-29-32)17(25(33)31-19-5-4-6-21(15(19)3)36-26(27)28)12-20(30-24)16-7-8-22-23(11-16)35-10-9-34-22/h4-8,11-14,26H,9-10H2,1-3H3,(H,31,33). The molecule has 1 amide bonds. The number of rotatable bonds is 6. The predicted octanol–water partition coefficient (Wildman–Crippen LogP) is 5.61. The molecule has 0 atom stereocenters. The van der Waals surface area contributed by atoms with Gasteiger partial charge in [-0.3, -0.25) is 4.79 Å². The normalized spacial score (nSPS) is 12.9. The number of amides is 1. The first-order chi connectivity index (χ1) is 17.3. The predicted molar refractivity (Wildman–Crippen MR) is 130 cm³/mol. The molecule has 0 spiro atoms. The zero-order valence-electron chi connectivity index (χ0n) is 19.9. The van der Waals surface area contributed by atoms with Crippen LogP contribution in [0.5, 0.6) is 17.2 Å². The Balaban J connectivity index is 1.58. The number of ether oxygens (including phenoxy) is 3. The summed E-state index contributed by atoms with van der Waals surface area (Å²) in [5, 5.41) is 7.84. The van der Waals surface area contributed by atoms with Crippen molar-refractivity contribution in [1.29, 1.82) is 0 Å². The lowest BCUT2D eigenvalue weighted by molar-refractivity contribution is -0.0502.